The third kappa shape index (κ3) is 7.68. The average molecular weight is 583 g/mol. The summed E-state index contributed by atoms with van der Waals surface area (Å²) in [5.41, 5.74) is 0.430. The molecular weight excluding hydrogens is 540 g/mol. The lowest BCUT2D eigenvalue weighted by Crippen LogP contribution is -2.57. The van der Waals surface area contributed by atoms with Crippen molar-refractivity contribution in [2.75, 3.05) is 13.7 Å². The second-order valence-corrected chi connectivity index (χ2v) is 11.7. The molecule has 1 aliphatic carbocycles. The molecule has 0 radical (unpaired) electrons. The maximum atomic E-state index is 13.6. The molecule has 4 N–H and O–H groups in total. The number of hydrogen-bond acceptors (Lipinski definition) is 7. The van der Waals surface area contributed by atoms with Crippen LogP contribution in [0.1, 0.15) is 75.8 Å². The van der Waals surface area contributed by atoms with Gasteiger partial charge in [0.25, 0.3) is 5.91 Å². The minimum Gasteiger partial charge on any atom is -0.493 e. The van der Waals surface area contributed by atoms with Crippen LogP contribution in [-0.2, 0) is 19.2 Å². The topological polar surface area (TPSA) is 156 Å². The maximum Gasteiger partial charge on any atom is 0.287 e. The first-order valence-electron chi connectivity index (χ1n) is 14.9. The van der Waals surface area contributed by atoms with E-state index in [0.29, 0.717) is 42.4 Å². The van der Waals surface area contributed by atoms with Gasteiger partial charge in [0.1, 0.15) is 18.4 Å². The number of rotatable bonds is 13. The van der Waals surface area contributed by atoms with Crippen LogP contribution in [-0.4, -0.2) is 61.7 Å². The zero-order valence-electron chi connectivity index (χ0n) is 24.6. The number of methoxy groups -OCH3 is 1. The molecule has 4 amide bonds. The molecule has 1 aromatic heterocycles. The molecule has 1 aromatic carbocycles. The number of nitrogens with one attached hydrogen (secondary N) is 4. The minimum atomic E-state index is -0.946. The van der Waals surface area contributed by atoms with Gasteiger partial charge in [0.2, 0.25) is 17.7 Å². The van der Waals surface area contributed by atoms with Gasteiger partial charge in [-0.25, -0.2) is 0 Å². The molecule has 2 fully saturated rings. The molecular formula is C31H42N4O7. The second-order valence-electron chi connectivity index (χ2n) is 11.7. The highest BCUT2D eigenvalue weighted by atomic mass is 16.5. The first-order valence-corrected chi connectivity index (χ1v) is 14.9. The molecule has 11 nitrogen and oxygen atoms in total. The highest BCUT2D eigenvalue weighted by Crippen LogP contribution is 2.29. The van der Waals surface area contributed by atoms with Gasteiger partial charge in [-0.2, -0.15) is 0 Å². The van der Waals surface area contributed by atoms with Gasteiger partial charge in [0.15, 0.2) is 17.1 Å². The molecule has 4 rings (SSSR count). The van der Waals surface area contributed by atoms with Crippen molar-refractivity contribution in [1.82, 2.24) is 21.3 Å². The number of para-hydroxylation sites is 1. The largest absolute Gasteiger partial charge is 0.493 e. The normalized spacial score (nSPS) is 19.5. The van der Waals surface area contributed by atoms with Gasteiger partial charge in [-0.3, -0.25) is 19.2 Å². The van der Waals surface area contributed by atoms with E-state index < -0.39 is 35.8 Å². The van der Waals surface area contributed by atoms with E-state index in [4.69, 9.17) is 9.15 Å². The second kappa shape index (κ2) is 14.3. The fraction of sp³-hybridized carbons (Fsp3) is 0.581. The summed E-state index contributed by atoms with van der Waals surface area (Å²) in [6.45, 7) is 4.15. The van der Waals surface area contributed by atoms with E-state index in [1.165, 1.54) is 7.11 Å². The molecule has 1 aliphatic heterocycles. The van der Waals surface area contributed by atoms with E-state index >= 15 is 0 Å². The van der Waals surface area contributed by atoms with Crippen molar-refractivity contribution in [3.63, 3.8) is 0 Å². The van der Waals surface area contributed by atoms with Crippen molar-refractivity contribution in [1.29, 1.82) is 0 Å². The third-order valence-corrected chi connectivity index (χ3v) is 8.31. The van der Waals surface area contributed by atoms with Crippen molar-refractivity contribution in [2.45, 2.75) is 83.3 Å². The highest BCUT2D eigenvalue weighted by Gasteiger charge is 2.34. The van der Waals surface area contributed by atoms with E-state index in [2.05, 4.69) is 21.3 Å². The van der Waals surface area contributed by atoms with Crippen molar-refractivity contribution in [2.24, 2.45) is 17.8 Å². The van der Waals surface area contributed by atoms with E-state index in [0.717, 1.165) is 32.1 Å². The summed E-state index contributed by atoms with van der Waals surface area (Å²) in [5.74, 6) is -1.52. The summed E-state index contributed by atoms with van der Waals surface area (Å²) >= 11 is 0. The van der Waals surface area contributed by atoms with Gasteiger partial charge >= 0.3 is 0 Å². The summed E-state index contributed by atoms with van der Waals surface area (Å²) in [6.07, 6.45) is 7.06. The van der Waals surface area contributed by atoms with Crippen molar-refractivity contribution in [3.8, 4) is 5.75 Å². The molecule has 2 heterocycles. The predicted molar refractivity (Wildman–Crippen MR) is 156 cm³/mol. The maximum absolute atomic E-state index is 13.6. The SMILES string of the molecule is COc1cccc2cc(C(=O)NC(C(=O)N[C@@H](CC3CCCCC3)C(=O)N[C@H](C=O)C[C@@H]3CCNC3=O)C(C)C)oc12. The van der Waals surface area contributed by atoms with Crippen molar-refractivity contribution >= 4 is 40.9 Å². The van der Waals surface area contributed by atoms with Crippen LogP contribution in [0.5, 0.6) is 5.75 Å². The van der Waals surface area contributed by atoms with Gasteiger partial charge in [-0.05, 0) is 43.2 Å². The Morgan fingerprint density at radius 2 is 1.81 bits per heavy atom. The zero-order chi connectivity index (χ0) is 30.2. The van der Waals surface area contributed by atoms with Gasteiger partial charge in [-0.1, -0.05) is 58.1 Å². The molecule has 11 heteroatoms. The van der Waals surface area contributed by atoms with Crippen LogP contribution in [0, 0.1) is 17.8 Å². The summed E-state index contributed by atoms with van der Waals surface area (Å²) in [4.78, 5) is 64.1. The Balaban J connectivity index is 1.47. The van der Waals surface area contributed by atoms with Gasteiger partial charge in [0, 0.05) is 17.8 Å². The number of carbonyl (C=O) groups excluding carboxylic acids is 5. The van der Waals surface area contributed by atoms with Crippen LogP contribution in [0.4, 0.5) is 0 Å². The lowest BCUT2D eigenvalue weighted by molar-refractivity contribution is -0.132. The van der Waals surface area contributed by atoms with Crippen LogP contribution >= 0.6 is 0 Å². The molecule has 1 saturated heterocycles. The molecule has 0 bridgehead atoms. The Bertz CT molecular complexity index is 1280. The Morgan fingerprint density at radius 3 is 2.45 bits per heavy atom. The quantitative estimate of drug-likeness (QED) is 0.265. The monoisotopic (exact) mass is 582 g/mol. The minimum absolute atomic E-state index is 0.0363. The number of furan rings is 1. The summed E-state index contributed by atoms with van der Waals surface area (Å²) < 4.78 is 11.1. The Labute approximate surface area is 245 Å². The fourth-order valence-corrected chi connectivity index (χ4v) is 5.91. The van der Waals surface area contributed by atoms with Crippen LogP contribution in [0.3, 0.4) is 0 Å². The summed E-state index contributed by atoms with van der Waals surface area (Å²) in [7, 11) is 1.51. The number of fused-ring (bicyclic) bond motifs is 1. The molecule has 0 spiro atoms. The number of benzene rings is 1. The van der Waals surface area contributed by atoms with Crippen LogP contribution < -0.4 is 26.0 Å². The lowest BCUT2D eigenvalue weighted by Gasteiger charge is -2.29. The zero-order valence-corrected chi connectivity index (χ0v) is 24.6. The van der Waals surface area contributed by atoms with E-state index in [-0.39, 0.29) is 35.8 Å². The van der Waals surface area contributed by atoms with E-state index in [1.807, 2.05) is 0 Å². The molecule has 2 aliphatic rings. The number of aldehydes is 1. The Hall–Kier alpha value is -3.89. The number of amides is 4. The summed E-state index contributed by atoms with van der Waals surface area (Å²) in [6, 6.07) is 4.22. The number of hydrogen-bond donors (Lipinski definition) is 4. The van der Waals surface area contributed by atoms with Crippen LogP contribution in [0.25, 0.3) is 11.0 Å². The fourth-order valence-electron chi connectivity index (χ4n) is 5.91. The first-order chi connectivity index (χ1) is 20.2. The molecule has 42 heavy (non-hydrogen) atoms. The standard InChI is InChI=1S/C31H42N4O7/c1-18(2)26(35-30(39)25-16-20-10-7-11-24(41-3)27(20)42-25)31(40)34-23(14-19-8-5-4-6-9-19)29(38)33-22(17-36)15-21-12-13-32-28(21)37/h7,10-11,16-19,21-23,26H,4-6,8-9,12-15H2,1-3H3,(H,32,37)(H,33,38)(H,34,40)(H,35,39)/t21-,22-,23-,26?/m0/s1. The summed E-state index contributed by atoms with van der Waals surface area (Å²) in [5, 5.41) is 11.8. The van der Waals surface area contributed by atoms with Crippen LogP contribution in [0.2, 0.25) is 0 Å². The predicted octanol–water partition coefficient (Wildman–Crippen LogP) is 2.86. The lowest BCUT2D eigenvalue weighted by atomic mass is 9.84. The van der Waals surface area contributed by atoms with Gasteiger partial charge < -0.3 is 35.2 Å². The van der Waals surface area contributed by atoms with E-state index in [9.17, 15) is 24.0 Å². The molecule has 228 valence electrons. The average Bonchev–Trinajstić information content (AvgIpc) is 3.61. The molecule has 1 unspecified atom stereocenters. The number of carbonyl (C=O) groups is 5. The van der Waals surface area contributed by atoms with E-state index in [1.54, 1.807) is 38.1 Å². The van der Waals surface area contributed by atoms with Gasteiger partial charge in [-0.15, -0.1) is 0 Å². The number of ether oxygens (including phenoxy) is 1. The van der Waals surface area contributed by atoms with Crippen molar-refractivity contribution in [3.05, 3.63) is 30.0 Å². The molecule has 1 saturated carbocycles. The highest BCUT2D eigenvalue weighted by molar-refractivity contribution is 6.00. The van der Waals surface area contributed by atoms with Gasteiger partial charge in [0.05, 0.1) is 13.2 Å². The first kappa shape index (κ1) is 31.1. The molecule has 4 atom stereocenters. The Kier molecular flexibility index (Phi) is 10.6. The Morgan fingerprint density at radius 1 is 1.05 bits per heavy atom. The smallest absolute Gasteiger partial charge is 0.287 e. The van der Waals surface area contributed by atoms with Crippen LogP contribution in [0.15, 0.2) is 28.7 Å². The third-order valence-electron chi connectivity index (χ3n) is 8.31. The van der Waals surface area contributed by atoms with Crippen molar-refractivity contribution < 1.29 is 33.1 Å². The molecule has 2 aromatic rings.